The highest BCUT2D eigenvalue weighted by Gasteiger charge is 2.25. The van der Waals surface area contributed by atoms with Gasteiger partial charge in [-0.1, -0.05) is 118 Å². The maximum atomic E-state index is 13.5. The summed E-state index contributed by atoms with van der Waals surface area (Å²) in [5.41, 5.74) is 6.90. The van der Waals surface area contributed by atoms with Crippen molar-refractivity contribution in [2.24, 2.45) is 0 Å². The van der Waals surface area contributed by atoms with E-state index in [9.17, 15) is 13.5 Å². The van der Waals surface area contributed by atoms with Crippen LogP contribution in [-0.2, 0) is 9.84 Å². The summed E-state index contributed by atoms with van der Waals surface area (Å²) in [6, 6.07) is 28.5. The van der Waals surface area contributed by atoms with Crippen LogP contribution >= 0.6 is 0 Å². The summed E-state index contributed by atoms with van der Waals surface area (Å²) in [7, 11) is -3.87. The summed E-state index contributed by atoms with van der Waals surface area (Å²) in [4.78, 5) is 0.143. The van der Waals surface area contributed by atoms with Crippen molar-refractivity contribution < 1.29 is 13.5 Å². The second-order valence-corrected chi connectivity index (χ2v) is 12.5. The number of aromatic hydroxyl groups is 1. The first-order valence-electron chi connectivity index (χ1n) is 14.1. The van der Waals surface area contributed by atoms with E-state index in [1.807, 2.05) is 6.07 Å². The van der Waals surface area contributed by atoms with E-state index in [2.05, 4.69) is 63.2 Å². The molecule has 0 saturated carbocycles. The smallest absolute Gasteiger partial charge is 0.210 e. The Balaban J connectivity index is 1.79. The lowest BCUT2D eigenvalue weighted by Crippen LogP contribution is -2.07. The normalized spacial score (nSPS) is 12.4. The van der Waals surface area contributed by atoms with Gasteiger partial charge in [0.25, 0.3) is 0 Å². The van der Waals surface area contributed by atoms with Crippen LogP contribution in [0.2, 0.25) is 0 Å². The highest BCUT2D eigenvalue weighted by atomic mass is 32.2. The van der Waals surface area contributed by atoms with Crippen molar-refractivity contribution in [1.29, 1.82) is 0 Å². The molecular formula is C35H40O3S. The number of aryl methyl sites for hydroxylation is 2. The molecule has 0 fully saturated rings. The summed E-state index contributed by atoms with van der Waals surface area (Å²) in [6.07, 6.45) is 8.05. The molecule has 1 unspecified atom stereocenters. The molecule has 4 aromatic carbocycles. The minimum absolute atomic E-state index is 0.00221. The molecule has 0 aliphatic rings. The van der Waals surface area contributed by atoms with Gasteiger partial charge in [-0.3, -0.25) is 0 Å². The molecule has 3 nitrogen and oxygen atoms in total. The first-order chi connectivity index (χ1) is 18.8. The van der Waals surface area contributed by atoms with Crippen LogP contribution in [-0.4, -0.2) is 13.5 Å². The van der Waals surface area contributed by atoms with Crippen LogP contribution in [0.1, 0.15) is 80.0 Å². The first-order valence-corrected chi connectivity index (χ1v) is 15.6. The molecule has 0 aliphatic carbocycles. The van der Waals surface area contributed by atoms with E-state index in [4.69, 9.17) is 0 Å². The van der Waals surface area contributed by atoms with Crippen LogP contribution in [0.25, 0.3) is 11.1 Å². The van der Waals surface area contributed by atoms with Crippen LogP contribution in [0.3, 0.4) is 0 Å². The van der Waals surface area contributed by atoms with Crippen LogP contribution in [0.4, 0.5) is 0 Å². The average Bonchev–Trinajstić information content (AvgIpc) is 2.95. The third-order valence-corrected chi connectivity index (χ3v) is 9.39. The van der Waals surface area contributed by atoms with Gasteiger partial charge in [0.1, 0.15) is 10.6 Å². The lowest BCUT2D eigenvalue weighted by molar-refractivity contribution is 0.458. The van der Waals surface area contributed by atoms with Gasteiger partial charge in [0.2, 0.25) is 9.84 Å². The van der Waals surface area contributed by atoms with Gasteiger partial charge in [0.15, 0.2) is 0 Å². The zero-order valence-corrected chi connectivity index (χ0v) is 24.2. The Morgan fingerprint density at radius 1 is 0.718 bits per heavy atom. The Morgan fingerprint density at radius 2 is 1.41 bits per heavy atom. The van der Waals surface area contributed by atoms with E-state index >= 15 is 0 Å². The molecule has 0 spiro atoms. The van der Waals surface area contributed by atoms with E-state index in [-0.39, 0.29) is 21.5 Å². The van der Waals surface area contributed by atoms with Crippen molar-refractivity contribution in [2.45, 2.75) is 81.4 Å². The zero-order valence-electron chi connectivity index (χ0n) is 23.4. The first kappa shape index (κ1) is 28.6. The van der Waals surface area contributed by atoms with E-state index in [1.165, 1.54) is 53.5 Å². The molecule has 1 N–H and O–H groups in total. The quantitative estimate of drug-likeness (QED) is 0.182. The van der Waals surface area contributed by atoms with Gasteiger partial charge in [-0.25, -0.2) is 8.42 Å². The molecule has 0 radical (unpaired) electrons. The Hall–Kier alpha value is -3.37. The van der Waals surface area contributed by atoms with Crippen LogP contribution < -0.4 is 0 Å². The largest absolute Gasteiger partial charge is 0.507 e. The van der Waals surface area contributed by atoms with Gasteiger partial charge >= 0.3 is 0 Å². The summed E-state index contributed by atoms with van der Waals surface area (Å²) in [5, 5.41) is 10.7. The molecule has 0 amide bonds. The number of benzene rings is 4. The Bertz CT molecular complexity index is 1490. The molecule has 204 valence electrons. The van der Waals surface area contributed by atoms with Crippen molar-refractivity contribution in [2.75, 3.05) is 0 Å². The predicted molar refractivity (Wildman–Crippen MR) is 161 cm³/mol. The monoisotopic (exact) mass is 540 g/mol. The van der Waals surface area contributed by atoms with Crippen molar-refractivity contribution in [1.82, 2.24) is 0 Å². The van der Waals surface area contributed by atoms with Gasteiger partial charge in [0, 0.05) is 5.92 Å². The molecule has 0 saturated heterocycles. The lowest BCUT2D eigenvalue weighted by atomic mass is 9.81. The molecule has 4 aromatic rings. The number of phenols is 1. The van der Waals surface area contributed by atoms with E-state index in [0.717, 1.165) is 24.8 Å². The van der Waals surface area contributed by atoms with Crippen molar-refractivity contribution in [3.63, 3.8) is 0 Å². The number of unbranched alkanes of at least 4 members (excludes halogenated alkanes) is 5. The van der Waals surface area contributed by atoms with Crippen LogP contribution in [0.5, 0.6) is 5.75 Å². The number of hydrogen-bond donors (Lipinski definition) is 1. The summed E-state index contributed by atoms with van der Waals surface area (Å²) < 4.78 is 27.1. The predicted octanol–water partition coefficient (Wildman–Crippen LogP) is 9.39. The topological polar surface area (TPSA) is 54.4 Å². The second kappa shape index (κ2) is 13.1. The number of rotatable bonds is 12. The third kappa shape index (κ3) is 6.80. The SMILES string of the molecule is CCCCCCCCC(c1ccc(O)c(S(=O)(=O)c2ccccc2)c1)c1ccccc1-c1cc(C)ccc1C. The van der Waals surface area contributed by atoms with Gasteiger partial charge < -0.3 is 5.11 Å². The summed E-state index contributed by atoms with van der Waals surface area (Å²) in [6.45, 7) is 6.48. The Morgan fingerprint density at radius 3 is 2.18 bits per heavy atom. The van der Waals surface area contributed by atoms with Crippen molar-refractivity contribution in [3.8, 4) is 16.9 Å². The highest BCUT2D eigenvalue weighted by molar-refractivity contribution is 7.91. The molecular weight excluding hydrogens is 500 g/mol. The molecule has 4 heteroatoms. The van der Waals surface area contributed by atoms with Gasteiger partial charge in [-0.05, 0) is 72.4 Å². The molecule has 0 bridgehead atoms. The zero-order chi connectivity index (χ0) is 27.8. The third-order valence-electron chi connectivity index (χ3n) is 7.60. The van der Waals surface area contributed by atoms with Gasteiger partial charge in [0.05, 0.1) is 4.90 Å². The van der Waals surface area contributed by atoms with Gasteiger partial charge in [-0.2, -0.15) is 0 Å². The number of hydrogen-bond acceptors (Lipinski definition) is 3. The fourth-order valence-electron chi connectivity index (χ4n) is 5.39. The molecule has 39 heavy (non-hydrogen) atoms. The lowest BCUT2D eigenvalue weighted by Gasteiger charge is -2.23. The number of sulfone groups is 1. The van der Waals surface area contributed by atoms with E-state index < -0.39 is 9.84 Å². The summed E-state index contributed by atoms with van der Waals surface area (Å²) >= 11 is 0. The molecule has 1 atom stereocenters. The minimum atomic E-state index is -3.87. The van der Waals surface area contributed by atoms with E-state index in [1.54, 1.807) is 42.5 Å². The van der Waals surface area contributed by atoms with E-state index in [0.29, 0.717) is 0 Å². The van der Waals surface area contributed by atoms with Crippen molar-refractivity contribution in [3.05, 3.63) is 113 Å². The van der Waals surface area contributed by atoms with Crippen molar-refractivity contribution >= 4 is 9.84 Å². The number of phenolic OH excluding ortho intramolecular Hbond substituents is 1. The second-order valence-electron chi connectivity index (χ2n) is 10.6. The Kier molecular flexibility index (Phi) is 9.63. The highest BCUT2D eigenvalue weighted by Crippen LogP contribution is 2.40. The minimum Gasteiger partial charge on any atom is -0.507 e. The molecule has 0 aliphatic heterocycles. The maximum absolute atomic E-state index is 13.5. The Labute approximate surface area is 234 Å². The standard InChI is InChI=1S/C35H40O3S/c1-4-5-6-7-8-12-17-30(31-18-13-14-19-32(31)33-24-26(2)20-21-27(33)3)28-22-23-34(36)35(25-28)39(37,38)29-15-10-9-11-16-29/h9-11,13-16,18-25,30,36H,4-8,12,17H2,1-3H3. The van der Waals surface area contributed by atoms with Gasteiger partial charge in [-0.15, -0.1) is 0 Å². The molecule has 4 rings (SSSR count). The fraction of sp³-hybridized carbons (Fsp3) is 0.314. The molecule has 0 heterocycles. The average molecular weight is 541 g/mol. The summed E-state index contributed by atoms with van der Waals surface area (Å²) in [5.74, 6) is -0.221. The maximum Gasteiger partial charge on any atom is 0.210 e. The fourth-order valence-corrected chi connectivity index (χ4v) is 6.80. The molecule has 0 aromatic heterocycles. The van der Waals surface area contributed by atoms with Crippen LogP contribution in [0.15, 0.2) is 101 Å². The van der Waals surface area contributed by atoms with Crippen LogP contribution in [0, 0.1) is 13.8 Å².